The number of urea groups is 1. The minimum Gasteiger partial charge on any atom is -0.462 e. The van der Waals surface area contributed by atoms with E-state index in [9.17, 15) is 24.0 Å². The molecule has 1 aliphatic carbocycles. The third-order valence-electron chi connectivity index (χ3n) is 5.76. The summed E-state index contributed by atoms with van der Waals surface area (Å²) < 4.78 is 10.1. The van der Waals surface area contributed by atoms with Crippen molar-refractivity contribution in [1.82, 2.24) is 10.2 Å². The van der Waals surface area contributed by atoms with Crippen LogP contribution in [0.3, 0.4) is 0 Å². The second-order valence-corrected chi connectivity index (χ2v) is 8.71. The van der Waals surface area contributed by atoms with Gasteiger partial charge in [-0.1, -0.05) is 13.8 Å². The van der Waals surface area contributed by atoms with Crippen molar-refractivity contribution in [2.24, 2.45) is 0 Å². The van der Waals surface area contributed by atoms with Crippen LogP contribution in [-0.2, 0) is 36.7 Å². The molecule has 0 bridgehead atoms. The van der Waals surface area contributed by atoms with Gasteiger partial charge >= 0.3 is 18.0 Å². The summed E-state index contributed by atoms with van der Waals surface area (Å²) >= 11 is 1.32. The zero-order chi connectivity index (χ0) is 23.5. The van der Waals surface area contributed by atoms with E-state index in [1.807, 2.05) is 0 Å². The average molecular weight is 466 g/mol. The van der Waals surface area contributed by atoms with E-state index in [0.717, 1.165) is 34.6 Å². The molecule has 2 heterocycles. The predicted molar refractivity (Wildman–Crippen MR) is 115 cm³/mol. The fourth-order valence-electron chi connectivity index (χ4n) is 3.94. The first-order valence-electron chi connectivity index (χ1n) is 10.7. The largest absolute Gasteiger partial charge is 0.462 e. The average Bonchev–Trinajstić information content (AvgIpc) is 3.40. The van der Waals surface area contributed by atoms with Gasteiger partial charge in [-0.3, -0.25) is 19.3 Å². The Labute approximate surface area is 189 Å². The maximum Gasteiger partial charge on any atom is 0.341 e. The third kappa shape index (κ3) is 4.47. The number of anilines is 1. The zero-order valence-corrected chi connectivity index (χ0v) is 19.2. The summed E-state index contributed by atoms with van der Waals surface area (Å²) in [4.78, 5) is 63.4. The summed E-state index contributed by atoms with van der Waals surface area (Å²) in [6, 6.07) is -0.660. The smallest absolute Gasteiger partial charge is 0.341 e. The molecule has 11 heteroatoms. The normalized spacial score (nSPS) is 16.5. The Kier molecular flexibility index (Phi) is 7.17. The summed E-state index contributed by atoms with van der Waals surface area (Å²) in [5.74, 6) is -2.49. The van der Waals surface area contributed by atoms with Gasteiger partial charge in [0.05, 0.1) is 12.2 Å². The highest BCUT2D eigenvalue weighted by Crippen LogP contribution is 2.39. The fourth-order valence-corrected chi connectivity index (χ4v) is 5.24. The first-order chi connectivity index (χ1) is 15.3. The van der Waals surface area contributed by atoms with Crippen LogP contribution in [0.2, 0.25) is 0 Å². The van der Waals surface area contributed by atoms with Crippen LogP contribution in [0.5, 0.6) is 0 Å². The lowest BCUT2D eigenvalue weighted by Crippen LogP contribution is -2.46. The second-order valence-electron chi connectivity index (χ2n) is 7.60. The van der Waals surface area contributed by atoms with E-state index in [1.54, 1.807) is 20.8 Å². The fraction of sp³-hybridized carbons (Fsp3) is 0.571. The van der Waals surface area contributed by atoms with Crippen LogP contribution in [0.1, 0.15) is 60.8 Å². The highest BCUT2D eigenvalue weighted by molar-refractivity contribution is 7.17. The van der Waals surface area contributed by atoms with Crippen molar-refractivity contribution < 1.29 is 33.4 Å². The van der Waals surface area contributed by atoms with Gasteiger partial charge in [-0.25, -0.2) is 9.59 Å². The van der Waals surface area contributed by atoms with Crippen LogP contribution in [0.4, 0.5) is 9.80 Å². The molecule has 2 aliphatic rings. The second kappa shape index (κ2) is 9.68. The molecular formula is C21H27N3O7S. The molecule has 1 aromatic heterocycles. The molecule has 0 spiro atoms. The summed E-state index contributed by atoms with van der Waals surface area (Å²) in [6.07, 6.45) is 3.32. The Hall–Kier alpha value is -2.95. The molecule has 1 aromatic rings. The summed E-state index contributed by atoms with van der Waals surface area (Å²) in [6.45, 7) is 4.28. The number of ether oxygens (including phenoxy) is 2. The number of imide groups is 1. The molecule has 0 atom stereocenters. The van der Waals surface area contributed by atoms with Gasteiger partial charge in [0, 0.05) is 4.88 Å². The number of hydrogen-bond donors (Lipinski definition) is 2. The van der Waals surface area contributed by atoms with E-state index >= 15 is 0 Å². The predicted octanol–water partition coefficient (Wildman–Crippen LogP) is 2.01. The number of rotatable bonds is 9. The van der Waals surface area contributed by atoms with Crippen molar-refractivity contribution >= 4 is 46.1 Å². The quantitative estimate of drug-likeness (QED) is 0.421. The maximum atomic E-state index is 12.6. The number of nitrogens with zero attached hydrogens (tertiary/aromatic N) is 1. The molecule has 1 fully saturated rings. The lowest BCUT2D eigenvalue weighted by atomic mass is 9.93. The van der Waals surface area contributed by atoms with Gasteiger partial charge in [-0.05, 0) is 44.6 Å². The molecule has 3 rings (SSSR count). The molecular weight excluding hydrogens is 438 g/mol. The van der Waals surface area contributed by atoms with Gasteiger partial charge in [0.1, 0.15) is 17.1 Å². The van der Waals surface area contributed by atoms with E-state index in [2.05, 4.69) is 10.6 Å². The summed E-state index contributed by atoms with van der Waals surface area (Å²) in [5, 5.41) is 5.62. The van der Waals surface area contributed by atoms with E-state index < -0.39 is 48.5 Å². The van der Waals surface area contributed by atoms with Crippen LogP contribution >= 0.6 is 11.3 Å². The molecule has 2 N–H and O–H groups in total. The molecule has 0 saturated carbocycles. The van der Waals surface area contributed by atoms with Crippen LogP contribution in [-0.4, -0.2) is 60.0 Å². The van der Waals surface area contributed by atoms with Gasteiger partial charge < -0.3 is 20.1 Å². The van der Waals surface area contributed by atoms with Crippen LogP contribution in [0.15, 0.2) is 0 Å². The lowest BCUT2D eigenvalue weighted by Gasteiger charge is -2.22. The Balaban J connectivity index is 1.58. The van der Waals surface area contributed by atoms with Crippen LogP contribution in [0, 0.1) is 0 Å². The highest BCUT2D eigenvalue weighted by atomic mass is 32.1. The first kappa shape index (κ1) is 23.7. The van der Waals surface area contributed by atoms with Crippen LogP contribution < -0.4 is 10.6 Å². The Morgan fingerprint density at radius 2 is 1.84 bits per heavy atom. The number of esters is 2. The molecule has 1 saturated heterocycles. The Morgan fingerprint density at radius 3 is 2.47 bits per heavy atom. The minimum absolute atomic E-state index is 0.217. The van der Waals surface area contributed by atoms with Gasteiger partial charge in [0.2, 0.25) is 0 Å². The topological polar surface area (TPSA) is 131 Å². The van der Waals surface area contributed by atoms with Gasteiger partial charge in [0.25, 0.3) is 11.8 Å². The van der Waals surface area contributed by atoms with Crippen molar-refractivity contribution in [1.29, 1.82) is 0 Å². The van der Waals surface area contributed by atoms with E-state index in [0.29, 0.717) is 23.4 Å². The van der Waals surface area contributed by atoms with Crippen molar-refractivity contribution in [2.45, 2.75) is 58.4 Å². The Bertz CT molecular complexity index is 951. The summed E-state index contributed by atoms with van der Waals surface area (Å²) in [7, 11) is 0. The molecule has 10 nitrogen and oxygen atoms in total. The van der Waals surface area contributed by atoms with Gasteiger partial charge in [0.15, 0.2) is 6.61 Å². The lowest BCUT2D eigenvalue weighted by molar-refractivity contribution is -0.150. The van der Waals surface area contributed by atoms with Crippen molar-refractivity contribution in [3.8, 4) is 0 Å². The van der Waals surface area contributed by atoms with E-state index in [1.165, 1.54) is 11.3 Å². The first-order valence-corrected chi connectivity index (χ1v) is 11.5. The maximum absolute atomic E-state index is 12.6. The number of thiophene rings is 1. The Morgan fingerprint density at radius 1 is 1.12 bits per heavy atom. The molecule has 1 aliphatic heterocycles. The van der Waals surface area contributed by atoms with E-state index in [-0.39, 0.29) is 6.61 Å². The van der Waals surface area contributed by atoms with Crippen molar-refractivity contribution in [3.05, 3.63) is 16.0 Å². The molecule has 0 aromatic carbocycles. The van der Waals surface area contributed by atoms with Crippen molar-refractivity contribution in [3.63, 3.8) is 0 Å². The number of aryl methyl sites for hydroxylation is 1. The summed E-state index contributed by atoms with van der Waals surface area (Å²) in [5.41, 5.74) is 0.242. The number of fused-ring (bicyclic) bond motifs is 1. The molecule has 0 unspecified atom stereocenters. The number of amides is 4. The van der Waals surface area contributed by atoms with E-state index in [4.69, 9.17) is 9.47 Å². The SMILES string of the molecule is CCOC(=O)c1c(NC(=O)COC(=O)CN2C(=O)NC(CC)(CC)C2=O)sc2c1CCC2. The number of carbonyl (C=O) groups is 5. The standard InChI is InChI=1S/C21H27N3O7S/c1-4-21(5-2)19(28)24(20(29)23-21)10-15(26)31-11-14(25)22-17-16(18(27)30-6-3)12-8-7-9-13(12)32-17/h4-11H2,1-3H3,(H,22,25)(H,23,29). The minimum atomic E-state index is -1.02. The zero-order valence-electron chi connectivity index (χ0n) is 18.4. The highest BCUT2D eigenvalue weighted by Gasteiger charge is 2.49. The monoisotopic (exact) mass is 465 g/mol. The van der Waals surface area contributed by atoms with Gasteiger partial charge in [-0.2, -0.15) is 0 Å². The third-order valence-corrected chi connectivity index (χ3v) is 6.97. The van der Waals surface area contributed by atoms with Crippen LogP contribution in [0.25, 0.3) is 0 Å². The molecule has 0 radical (unpaired) electrons. The van der Waals surface area contributed by atoms with Crippen molar-refractivity contribution in [2.75, 3.05) is 25.1 Å². The molecule has 4 amide bonds. The molecule has 32 heavy (non-hydrogen) atoms. The molecule has 174 valence electrons. The number of hydrogen-bond acceptors (Lipinski definition) is 8. The number of carbonyl (C=O) groups excluding carboxylic acids is 5. The number of nitrogens with one attached hydrogen (secondary N) is 2. The van der Waals surface area contributed by atoms with Gasteiger partial charge in [-0.15, -0.1) is 11.3 Å².